The smallest absolute Gasteiger partial charge is 0.270 e. The number of thiazole rings is 1. The third kappa shape index (κ3) is 3.81. The number of hydrogen-bond acceptors (Lipinski definition) is 7. The van der Waals surface area contributed by atoms with Crippen molar-refractivity contribution in [3.8, 4) is 0 Å². The number of nitro groups is 1. The highest BCUT2D eigenvalue weighted by Gasteiger charge is 2.20. The molecule has 1 aromatic carbocycles. The number of pyridine rings is 1. The molecule has 3 aromatic rings. The van der Waals surface area contributed by atoms with Crippen molar-refractivity contribution in [2.24, 2.45) is 0 Å². The Morgan fingerprint density at radius 1 is 1.22 bits per heavy atom. The van der Waals surface area contributed by atoms with Crippen LogP contribution in [0.5, 0.6) is 0 Å². The van der Waals surface area contributed by atoms with Crippen LogP contribution in [-0.4, -0.2) is 51.1 Å². The van der Waals surface area contributed by atoms with E-state index in [4.69, 9.17) is 12.2 Å². The predicted octanol–water partition coefficient (Wildman–Crippen LogP) is 3.12. The van der Waals surface area contributed by atoms with Gasteiger partial charge in [0, 0.05) is 44.5 Å². The molecule has 3 heterocycles. The third-order valence-corrected chi connectivity index (χ3v) is 5.63. The third-order valence-electron chi connectivity index (χ3n) is 4.34. The van der Waals surface area contributed by atoms with E-state index in [2.05, 4.69) is 25.1 Å². The molecule has 27 heavy (non-hydrogen) atoms. The fourth-order valence-electron chi connectivity index (χ4n) is 2.93. The average molecular weight is 400 g/mol. The molecule has 8 nitrogen and oxygen atoms in total. The number of hydrogen-bond donors (Lipinski definition) is 1. The second-order valence-electron chi connectivity index (χ2n) is 6.02. The van der Waals surface area contributed by atoms with E-state index < -0.39 is 4.92 Å². The summed E-state index contributed by atoms with van der Waals surface area (Å²) in [7, 11) is 0. The number of piperazine rings is 1. The fourth-order valence-corrected chi connectivity index (χ4v) is 4.17. The first-order valence-electron chi connectivity index (χ1n) is 8.37. The van der Waals surface area contributed by atoms with Gasteiger partial charge in [0.15, 0.2) is 10.2 Å². The van der Waals surface area contributed by atoms with Gasteiger partial charge >= 0.3 is 0 Å². The lowest BCUT2D eigenvalue weighted by Crippen LogP contribution is -2.50. The molecule has 1 N–H and O–H groups in total. The van der Waals surface area contributed by atoms with E-state index in [-0.39, 0.29) is 5.69 Å². The molecule has 138 valence electrons. The molecule has 1 aliphatic heterocycles. The number of benzene rings is 1. The van der Waals surface area contributed by atoms with Crippen LogP contribution in [0.25, 0.3) is 10.2 Å². The molecule has 0 amide bonds. The molecule has 0 saturated carbocycles. The van der Waals surface area contributed by atoms with Gasteiger partial charge in [-0.05, 0) is 30.4 Å². The Kier molecular flexibility index (Phi) is 4.82. The van der Waals surface area contributed by atoms with E-state index in [1.54, 1.807) is 12.3 Å². The maximum Gasteiger partial charge on any atom is 0.270 e. The van der Waals surface area contributed by atoms with Crippen LogP contribution in [0, 0.1) is 10.1 Å². The summed E-state index contributed by atoms with van der Waals surface area (Å²) in [4.78, 5) is 23.7. The quantitative estimate of drug-likeness (QED) is 0.408. The standard InChI is InChI=1S/C17H16N6O2S2/c24-23(25)12-4-5-13-14(11-12)27-16(19-13)20-17(26)22-9-7-21(8-10-22)15-3-1-2-6-18-15/h1-6,11H,7-10H2,(H,19,20,26). The Balaban J connectivity index is 1.39. The van der Waals surface area contributed by atoms with Crippen LogP contribution >= 0.6 is 23.6 Å². The SMILES string of the molecule is O=[N+]([O-])c1ccc2nc(NC(=S)N3CCN(c4ccccn4)CC3)sc2c1. The van der Waals surface area contributed by atoms with Crippen molar-refractivity contribution in [3.63, 3.8) is 0 Å². The number of anilines is 2. The van der Waals surface area contributed by atoms with Crippen LogP contribution in [-0.2, 0) is 0 Å². The highest BCUT2D eigenvalue weighted by Crippen LogP contribution is 2.29. The largest absolute Gasteiger partial charge is 0.353 e. The van der Waals surface area contributed by atoms with Crippen molar-refractivity contribution in [2.75, 3.05) is 36.4 Å². The normalized spacial score (nSPS) is 14.4. The van der Waals surface area contributed by atoms with Gasteiger partial charge in [0.05, 0.1) is 15.1 Å². The van der Waals surface area contributed by atoms with E-state index in [0.29, 0.717) is 10.2 Å². The maximum atomic E-state index is 10.9. The maximum absolute atomic E-state index is 10.9. The number of nitrogens with zero attached hydrogens (tertiary/aromatic N) is 5. The molecule has 1 fully saturated rings. The van der Waals surface area contributed by atoms with Crippen LogP contribution in [0.2, 0.25) is 0 Å². The Labute approximate surface area is 164 Å². The molecule has 0 atom stereocenters. The van der Waals surface area contributed by atoms with Gasteiger partial charge in [0.25, 0.3) is 5.69 Å². The summed E-state index contributed by atoms with van der Waals surface area (Å²) in [6.07, 6.45) is 1.80. The van der Waals surface area contributed by atoms with Crippen molar-refractivity contribution in [3.05, 3.63) is 52.7 Å². The van der Waals surface area contributed by atoms with Crippen molar-refractivity contribution >= 4 is 55.5 Å². The minimum Gasteiger partial charge on any atom is -0.353 e. The Bertz CT molecular complexity index is 986. The van der Waals surface area contributed by atoms with Gasteiger partial charge < -0.3 is 15.1 Å². The molecular formula is C17H16N6O2S2. The van der Waals surface area contributed by atoms with Gasteiger partial charge in [-0.15, -0.1) is 0 Å². The molecule has 0 aliphatic carbocycles. The summed E-state index contributed by atoms with van der Waals surface area (Å²) in [5.74, 6) is 0.976. The highest BCUT2D eigenvalue weighted by molar-refractivity contribution is 7.80. The predicted molar refractivity (Wildman–Crippen MR) is 111 cm³/mol. The highest BCUT2D eigenvalue weighted by atomic mass is 32.1. The first-order chi connectivity index (χ1) is 13.1. The van der Waals surface area contributed by atoms with Gasteiger partial charge in [-0.1, -0.05) is 17.4 Å². The first kappa shape index (κ1) is 17.6. The first-order valence-corrected chi connectivity index (χ1v) is 9.59. The molecule has 10 heteroatoms. The second-order valence-corrected chi connectivity index (χ2v) is 7.44. The lowest BCUT2D eigenvalue weighted by atomic mass is 10.3. The van der Waals surface area contributed by atoms with Crippen LogP contribution in [0.1, 0.15) is 0 Å². The van der Waals surface area contributed by atoms with Crippen LogP contribution in [0.4, 0.5) is 16.6 Å². The number of nitrogens with one attached hydrogen (secondary N) is 1. The summed E-state index contributed by atoms with van der Waals surface area (Å²) < 4.78 is 0.759. The fraction of sp³-hybridized carbons (Fsp3) is 0.235. The summed E-state index contributed by atoms with van der Waals surface area (Å²) in [6, 6.07) is 10.5. The zero-order chi connectivity index (χ0) is 18.8. The molecular weight excluding hydrogens is 384 g/mol. The molecule has 0 bridgehead atoms. The number of nitro benzene ring substituents is 1. The van der Waals surface area contributed by atoms with Crippen LogP contribution < -0.4 is 10.2 Å². The summed E-state index contributed by atoms with van der Waals surface area (Å²) in [6.45, 7) is 3.26. The number of fused-ring (bicyclic) bond motifs is 1. The number of aromatic nitrogens is 2. The molecule has 1 aliphatic rings. The average Bonchev–Trinajstić information content (AvgIpc) is 3.10. The number of non-ortho nitro benzene ring substituents is 1. The topological polar surface area (TPSA) is 87.4 Å². The van der Waals surface area contributed by atoms with Crippen molar-refractivity contribution in [2.45, 2.75) is 0 Å². The molecule has 1 saturated heterocycles. The summed E-state index contributed by atoms with van der Waals surface area (Å²) in [5.41, 5.74) is 0.779. The monoisotopic (exact) mass is 400 g/mol. The Hall–Kier alpha value is -2.85. The van der Waals surface area contributed by atoms with Gasteiger partial charge in [0.1, 0.15) is 5.82 Å². The number of rotatable bonds is 3. The lowest BCUT2D eigenvalue weighted by molar-refractivity contribution is -0.384. The van der Waals surface area contributed by atoms with E-state index in [0.717, 1.165) is 42.2 Å². The minimum atomic E-state index is -0.405. The van der Waals surface area contributed by atoms with Gasteiger partial charge in [-0.25, -0.2) is 9.97 Å². The minimum absolute atomic E-state index is 0.0610. The van der Waals surface area contributed by atoms with Crippen molar-refractivity contribution < 1.29 is 4.92 Å². The van der Waals surface area contributed by atoms with Gasteiger partial charge in [-0.3, -0.25) is 10.1 Å². The van der Waals surface area contributed by atoms with E-state index in [1.807, 2.05) is 18.2 Å². The summed E-state index contributed by atoms with van der Waals surface area (Å²) in [5, 5.41) is 15.3. The van der Waals surface area contributed by atoms with E-state index in [1.165, 1.54) is 23.5 Å². The Morgan fingerprint density at radius 3 is 2.74 bits per heavy atom. The van der Waals surface area contributed by atoms with Crippen LogP contribution in [0.3, 0.4) is 0 Å². The van der Waals surface area contributed by atoms with E-state index >= 15 is 0 Å². The van der Waals surface area contributed by atoms with Crippen LogP contribution in [0.15, 0.2) is 42.6 Å². The molecule has 0 unspecified atom stereocenters. The molecule has 4 rings (SSSR count). The van der Waals surface area contributed by atoms with Gasteiger partial charge in [-0.2, -0.15) is 0 Å². The van der Waals surface area contributed by atoms with Crippen molar-refractivity contribution in [1.29, 1.82) is 0 Å². The molecule has 0 radical (unpaired) electrons. The van der Waals surface area contributed by atoms with Crippen molar-refractivity contribution in [1.82, 2.24) is 14.9 Å². The van der Waals surface area contributed by atoms with E-state index in [9.17, 15) is 10.1 Å². The summed E-state index contributed by atoms with van der Waals surface area (Å²) >= 11 is 6.88. The van der Waals surface area contributed by atoms with Gasteiger partial charge in [0.2, 0.25) is 0 Å². The molecule has 2 aromatic heterocycles. The zero-order valence-corrected chi connectivity index (χ0v) is 15.9. The zero-order valence-electron chi connectivity index (χ0n) is 14.2. The lowest BCUT2D eigenvalue weighted by Gasteiger charge is -2.36. The Morgan fingerprint density at radius 2 is 2.04 bits per heavy atom. The second kappa shape index (κ2) is 7.41. The number of thiocarbonyl (C=S) groups is 1. The molecule has 0 spiro atoms.